The van der Waals surface area contributed by atoms with E-state index < -0.39 is 18.1 Å². The van der Waals surface area contributed by atoms with Crippen molar-refractivity contribution in [1.82, 2.24) is 0 Å². The number of carboxylic acid groups (broad SMARTS) is 1. The van der Waals surface area contributed by atoms with Gasteiger partial charge in [0.25, 0.3) is 0 Å². The molecule has 0 aliphatic carbocycles. The summed E-state index contributed by atoms with van der Waals surface area (Å²) in [7, 11) is 5.37. The normalized spacial score (nSPS) is 13.9. The van der Waals surface area contributed by atoms with Gasteiger partial charge in [-0.1, -0.05) is 131 Å². The second-order valence-corrected chi connectivity index (χ2v) is 14.6. The largest absolute Gasteiger partial charge is 0.544 e. The molecule has 306 valence electrons. The predicted octanol–water partition coefficient (Wildman–Crippen LogP) is 9.63. The molecule has 0 spiro atoms. The molecule has 0 amide bonds. The van der Waals surface area contributed by atoms with Crippen LogP contribution in [0.15, 0.2) is 85.1 Å². The van der Waals surface area contributed by atoms with E-state index in [9.17, 15) is 19.5 Å². The number of carbonyl (C=O) groups is 3. The zero-order valence-corrected chi connectivity index (χ0v) is 34.6. The maximum atomic E-state index is 12.7. The van der Waals surface area contributed by atoms with Crippen molar-refractivity contribution < 1.29 is 38.2 Å². The van der Waals surface area contributed by atoms with Crippen LogP contribution in [0.2, 0.25) is 0 Å². The van der Waals surface area contributed by atoms with Gasteiger partial charge in [-0.15, -0.1) is 0 Å². The molecule has 0 aliphatic rings. The van der Waals surface area contributed by atoms with Crippen molar-refractivity contribution in [2.45, 2.75) is 148 Å². The number of nitrogens with zero attached hydrogens (tertiary/aromatic N) is 1. The fourth-order valence-corrected chi connectivity index (χ4v) is 5.39. The minimum absolute atomic E-state index is 0.0131. The van der Waals surface area contributed by atoms with Gasteiger partial charge in [-0.25, -0.2) is 0 Å². The Balaban J connectivity index is 4.50. The standard InChI is InChI=1S/C46H75NO7/c1-6-8-10-12-14-16-18-20-21-22-23-24-25-27-29-31-33-35-37-45(49)54-42(40-52-39-38-43(46(50)51)47(3,4)5)41-53-44(48)36-34-32-30-28-26-19-17-15-13-11-9-7-2/h9,11,14-18,20-24,26,28,42-43H,6-8,10,12-13,19,25,27,29-41H2,1-5H3/b11-9+,16-14+,17-15+,20-18+,22-21+,24-23+,28-26+. The molecule has 2 atom stereocenters. The number of carbonyl (C=O) groups excluding carboxylic acids is 3. The summed E-state index contributed by atoms with van der Waals surface area (Å²) >= 11 is 0. The summed E-state index contributed by atoms with van der Waals surface area (Å²) in [5.74, 6) is -1.83. The van der Waals surface area contributed by atoms with Crippen molar-refractivity contribution in [1.29, 1.82) is 0 Å². The molecule has 0 bridgehead atoms. The molecule has 0 N–H and O–H groups in total. The number of rotatable bonds is 35. The van der Waals surface area contributed by atoms with E-state index in [2.05, 4.69) is 86.8 Å². The number of carboxylic acids is 1. The first-order valence-electron chi connectivity index (χ1n) is 20.7. The van der Waals surface area contributed by atoms with E-state index in [1.165, 1.54) is 19.3 Å². The van der Waals surface area contributed by atoms with Gasteiger partial charge in [0.2, 0.25) is 0 Å². The Morgan fingerprint density at radius 3 is 1.74 bits per heavy atom. The molecule has 0 saturated carbocycles. The summed E-state index contributed by atoms with van der Waals surface area (Å²) < 4.78 is 17.0. The predicted molar refractivity (Wildman–Crippen MR) is 222 cm³/mol. The van der Waals surface area contributed by atoms with E-state index in [0.29, 0.717) is 6.42 Å². The van der Waals surface area contributed by atoms with Crippen LogP contribution in [0.25, 0.3) is 0 Å². The number of unbranched alkanes of at least 4 members (excludes halogenated alkanes) is 10. The number of aliphatic carboxylic acids is 1. The molecule has 0 heterocycles. The van der Waals surface area contributed by atoms with E-state index in [-0.39, 0.29) is 55.5 Å². The number of hydrogen-bond donors (Lipinski definition) is 0. The highest BCUT2D eigenvalue weighted by molar-refractivity contribution is 5.70. The first-order valence-corrected chi connectivity index (χ1v) is 20.7. The molecule has 0 fully saturated rings. The average molecular weight is 754 g/mol. The SMILES string of the molecule is CC/C=C/C/C=C/C/C=C/CCCCC(=O)OCC(COCCC(C(=O)[O-])[N+](C)(C)C)OC(=O)CCCCCCC/C=C/C=C/C=C/C=C/CCCCC. The Morgan fingerprint density at radius 1 is 0.593 bits per heavy atom. The fraction of sp³-hybridized carbons (Fsp3) is 0.630. The molecular weight excluding hydrogens is 679 g/mol. The van der Waals surface area contributed by atoms with Gasteiger partial charge in [-0.05, 0) is 70.6 Å². The van der Waals surface area contributed by atoms with Gasteiger partial charge in [0.1, 0.15) is 12.6 Å². The number of quaternary nitrogens is 1. The molecule has 0 radical (unpaired) electrons. The molecule has 0 aromatic carbocycles. The van der Waals surface area contributed by atoms with Gasteiger partial charge >= 0.3 is 11.9 Å². The number of esters is 2. The van der Waals surface area contributed by atoms with E-state index in [1.807, 2.05) is 12.2 Å². The number of ether oxygens (including phenoxy) is 3. The fourth-order valence-electron chi connectivity index (χ4n) is 5.39. The van der Waals surface area contributed by atoms with Crippen LogP contribution < -0.4 is 5.11 Å². The third-order valence-electron chi connectivity index (χ3n) is 8.61. The Kier molecular flexibility index (Phi) is 34.1. The molecule has 8 nitrogen and oxygen atoms in total. The maximum Gasteiger partial charge on any atom is 0.306 e. The molecule has 8 heteroatoms. The zero-order valence-electron chi connectivity index (χ0n) is 34.6. The topological polar surface area (TPSA) is 102 Å². The lowest BCUT2D eigenvalue weighted by molar-refractivity contribution is -0.889. The second-order valence-electron chi connectivity index (χ2n) is 14.6. The summed E-state index contributed by atoms with van der Waals surface area (Å²) in [4.78, 5) is 36.7. The third-order valence-corrected chi connectivity index (χ3v) is 8.61. The van der Waals surface area contributed by atoms with Crippen molar-refractivity contribution >= 4 is 17.9 Å². The molecule has 0 aromatic rings. The molecule has 2 unspecified atom stereocenters. The summed E-state index contributed by atoms with van der Waals surface area (Å²) in [6.45, 7) is 4.41. The van der Waals surface area contributed by atoms with Crippen LogP contribution in [0.3, 0.4) is 0 Å². The van der Waals surface area contributed by atoms with Crippen LogP contribution in [-0.4, -0.2) is 75.5 Å². The highest BCUT2D eigenvalue weighted by Crippen LogP contribution is 2.12. The molecule has 54 heavy (non-hydrogen) atoms. The number of likely N-dealkylation sites (N-methyl/N-ethyl adjacent to an activating group) is 1. The average Bonchev–Trinajstić information content (AvgIpc) is 3.12. The Labute approximate surface area is 329 Å². The lowest BCUT2D eigenvalue weighted by atomic mass is 10.1. The van der Waals surface area contributed by atoms with E-state index in [1.54, 1.807) is 21.1 Å². The first kappa shape index (κ1) is 50.5. The van der Waals surface area contributed by atoms with Gasteiger partial charge in [0.15, 0.2) is 6.10 Å². The molecule has 0 aliphatic heterocycles. The van der Waals surface area contributed by atoms with Gasteiger partial charge in [0.05, 0.1) is 40.3 Å². The zero-order chi connectivity index (χ0) is 40.0. The van der Waals surface area contributed by atoms with E-state index in [4.69, 9.17) is 14.2 Å². The second kappa shape index (κ2) is 36.5. The van der Waals surface area contributed by atoms with Crippen molar-refractivity contribution in [2.24, 2.45) is 0 Å². The van der Waals surface area contributed by atoms with Crippen LogP contribution in [0, 0.1) is 0 Å². The summed E-state index contributed by atoms with van der Waals surface area (Å²) in [5.41, 5.74) is 0. The Bertz CT molecular complexity index is 1160. The molecule has 0 saturated heterocycles. The van der Waals surface area contributed by atoms with Gasteiger partial charge < -0.3 is 28.6 Å². The molecule has 0 rings (SSSR count). The summed E-state index contributed by atoms with van der Waals surface area (Å²) in [5, 5.41) is 11.6. The van der Waals surface area contributed by atoms with Crippen LogP contribution >= 0.6 is 0 Å². The summed E-state index contributed by atoms with van der Waals surface area (Å²) in [6.07, 6.45) is 46.1. The Morgan fingerprint density at radius 2 is 1.11 bits per heavy atom. The lowest BCUT2D eigenvalue weighted by Gasteiger charge is -2.34. The van der Waals surface area contributed by atoms with Crippen LogP contribution in [0.1, 0.15) is 136 Å². The van der Waals surface area contributed by atoms with Crippen molar-refractivity contribution in [3.05, 3.63) is 85.1 Å². The molecular formula is C46H75NO7. The van der Waals surface area contributed by atoms with Crippen molar-refractivity contribution in [2.75, 3.05) is 41.0 Å². The van der Waals surface area contributed by atoms with Crippen LogP contribution in [0.4, 0.5) is 0 Å². The highest BCUT2D eigenvalue weighted by Gasteiger charge is 2.25. The highest BCUT2D eigenvalue weighted by atomic mass is 16.6. The number of hydrogen-bond acceptors (Lipinski definition) is 7. The summed E-state index contributed by atoms with van der Waals surface area (Å²) in [6, 6.07) is -0.740. The van der Waals surface area contributed by atoms with Crippen LogP contribution in [0.5, 0.6) is 0 Å². The third kappa shape index (κ3) is 34.3. The van der Waals surface area contributed by atoms with Gasteiger partial charge in [-0.3, -0.25) is 9.59 Å². The quantitative estimate of drug-likeness (QED) is 0.0209. The monoisotopic (exact) mass is 754 g/mol. The number of allylic oxidation sites excluding steroid dienone is 14. The van der Waals surface area contributed by atoms with E-state index >= 15 is 0 Å². The first-order chi connectivity index (χ1) is 26.1. The van der Waals surface area contributed by atoms with E-state index in [0.717, 1.165) is 77.0 Å². The van der Waals surface area contributed by atoms with Crippen molar-refractivity contribution in [3.63, 3.8) is 0 Å². The lowest BCUT2D eigenvalue weighted by Crippen LogP contribution is -2.55. The molecule has 0 aromatic heterocycles. The smallest absolute Gasteiger partial charge is 0.306 e. The minimum atomic E-state index is -1.14. The minimum Gasteiger partial charge on any atom is -0.544 e. The van der Waals surface area contributed by atoms with Gasteiger partial charge in [0, 0.05) is 19.3 Å². The van der Waals surface area contributed by atoms with Crippen LogP contribution in [-0.2, 0) is 28.6 Å². The van der Waals surface area contributed by atoms with Crippen molar-refractivity contribution in [3.8, 4) is 0 Å². The van der Waals surface area contributed by atoms with Gasteiger partial charge in [-0.2, -0.15) is 0 Å². The Hall–Kier alpha value is -3.49. The maximum absolute atomic E-state index is 12.7.